The SMILES string of the molecule is COc1ccc(/C=C(\NC(C)=O)C(=O)Nc2cccc(NC(=O)c3ccco3)c2)cc1OC. The van der Waals surface area contributed by atoms with E-state index in [1.807, 2.05) is 0 Å². The first-order valence-corrected chi connectivity index (χ1v) is 9.87. The van der Waals surface area contributed by atoms with Crippen LogP contribution in [-0.4, -0.2) is 31.9 Å². The maximum atomic E-state index is 12.9. The van der Waals surface area contributed by atoms with Crippen LogP contribution in [0.25, 0.3) is 6.08 Å². The van der Waals surface area contributed by atoms with Gasteiger partial charge in [0.1, 0.15) is 5.70 Å². The predicted octanol–water partition coefficient (Wildman–Crippen LogP) is 3.66. The molecule has 0 aliphatic carbocycles. The first kappa shape index (κ1) is 23.1. The van der Waals surface area contributed by atoms with E-state index in [1.165, 1.54) is 33.5 Å². The van der Waals surface area contributed by atoms with Crippen molar-refractivity contribution in [2.45, 2.75) is 6.92 Å². The fourth-order valence-electron chi connectivity index (χ4n) is 2.93. The number of carbonyl (C=O) groups excluding carboxylic acids is 3. The van der Waals surface area contributed by atoms with E-state index in [2.05, 4.69) is 16.0 Å². The molecule has 0 spiro atoms. The van der Waals surface area contributed by atoms with E-state index in [-0.39, 0.29) is 11.5 Å². The topological polar surface area (TPSA) is 119 Å². The number of carbonyl (C=O) groups is 3. The Morgan fingerprint density at radius 1 is 0.879 bits per heavy atom. The van der Waals surface area contributed by atoms with Gasteiger partial charge < -0.3 is 29.8 Å². The van der Waals surface area contributed by atoms with Crippen LogP contribution < -0.4 is 25.4 Å². The van der Waals surface area contributed by atoms with Gasteiger partial charge in [0.05, 0.1) is 20.5 Å². The summed E-state index contributed by atoms with van der Waals surface area (Å²) in [7, 11) is 3.03. The monoisotopic (exact) mass is 449 g/mol. The summed E-state index contributed by atoms with van der Waals surface area (Å²) in [6, 6.07) is 14.8. The Balaban J connectivity index is 1.80. The van der Waals surface area contributed by atoms with Gasteiger partial charge in [0.2, 0.25) is 5.91 Å². The molecule has 3 rings (SSSR count). The van der Waals surface area contributed by atoms with Crippen molar-refractivity contribution in [1.29, 1.82) is 0 Å². The number of hydrogen-bond donors (Lipinski definition) is 3. The third kappa shape index (κ3) is 6.23. The normalized spacial score (nSPS) is 10.8. The zero-order valence-corrected chi connectivity index (χ0v) is 18.3. The maximum Gasteiger partial charge on any atom is 0.291 e. The molecule has 0 aliphatic rings. The number of furan rings is 1. The highest BCUT2D eigenvalue weighted by molar-refractivity contribution is 6.09. The molecule has 1 aromatic heterocycles. The second-order valence-corrected chi connectivity index (χ2v) is 6.82. The first-order valence-electron chi connectivity index (χ1n) is 9.87. The molecule has 0 bridgehead atoms. The lowest BCUT2D eigenvalue weighted by Gasteiger charge is -2.12. The summed E-state index contributed by atoms with van der Waals surface area (Å²) in [6.07, 6.45) is 2.92. The van der Waals surface area contributed by atoms with Crippen molar-refractivity contribution in [1.82, 2.24) is 5.32 Å². The van der Waals surface area contributed by atoms with E-state index in [1.54, 1.807) is 54.6 Å². The third-order valence-electron chi connectivity index (χ3n) is 4.40. The van der Waals surface area contributed by atoms with Crippen molar-refractivity contribution in [3.8, 4) is 11.5 Å². The van der Waals surface area contributed by atoms with Gasteiger partial charge in [-0.2, -0.15) is 0 Å². The number of amides is 3. The zero-order chi connectivity index (χ0) is 23.8. The van der Waals surface area contributed by atoms with Crippen molar-refractivity contribution < 1.29 is 28.3 Å². The Labute approximate surface area is 190 Å². The average Bonchev–Trinajstić information content (AvgIpc) is 3.33. The number of hydrogen-bond acceptors (Lipinski definition) is 6. The van der Waals surface area contributed by atoms with Crippen LogP contribution >= 0.6 is 0 Å². The highest BCUT2D eigenvalue weighted by Crippen LogP contribution is 2.28. The van der Waals surface area contributed by atoms with Crippen LogP contribution in [0.3, 0.4) is 0 Å². The molecule has 0 atom stereocenters. The summed E-state index contributed by atoms with van der Waals surface area (Å²) >= 11 is 0. The Hall–Kier alpha value is -4.53. The molecule has 0 aliphatic heterocycles. The minimum absolute atomic E-state index is 0.0275. The quantitative estimate of drug-likeness (QED) is 0.452. The molecule has 0 saturated carbocycles. The fourth-order valence-corrected chi connectivity index (χ4v) is 2.93. The predicted molar refractivity (Wildman–Crippen MR) is 123 cm³/mol. The Morgan fingerprint density at radius 3 is 2.24 bits per heavy atom. The second-order valence-electron chi connectivity index (χ2n) is 6.82. The molecule has 0 unspecified atom stereocenters. The molecule has 3 aromatic rings. The maximum absolute atomic E-state index is 12.9. The number of anilines is 2. The van der Waals surface area contributed by atoms with Gasteiger partial charge in [0.25, 0.3) is 11.8 Å². The molecule has 9 heteroatoms. The number of rotatable bonds is 8. The summed E-state index contributed by atoms with van der Waals surface area (Å²) in [5.41, 5.74) is 1.52. The molecule has 1 heterocycles. The summed E-state index contributed by atoms with van der Waals surface area (Å²) in [4.78, 5) is 36.7. The van der Waals surface area contributed by atoms with E-state index in [9.17, 15) is 14.4 Å². The summed E-state index contributed by atoms with van der Waals surface area (Å²) in [5.74, 6) is -0.195. The molecule has 9 nitrogen and oxygen atoms in total. The summed E-state index contributed by atoms with van der Waals surface area (Å²) in [5, 5.41) is 7.94. The molecular weight excluding hydrogens is 426 g/mol. The van der Waals surface area contributed by atoms with Gasteiger partial charge >= 0.3 is 0 Å². The molecule has 3 N–H and O–H groups in total. The van der Waals surface area contributed by atoms with E-state index in [4.69, 9.17) is 13.9 Å². The van der Waals surface area contributed by atoms with Crippen LogP contribution in [0, 0.1) is 0 Å². The molecule has 0 saturated heterocycles. The van der Waals surface area contributed by atoms with E-state index >= 15 is 0 Å². The molecule has 0 radical (unpaired) electrons. The summed E-state index contributed by atoms with van der Waals surface area (Å²) < 4.78 is 15.6. The van der Waals surface area contributed by atoms with Gasteiger partial charge in [-0.3, -0.25) is 14.4 Å². The number of methoxy groups -OCH3 is 2. The molecule has 3 amide bonds. The molecule has 33 heavy (non-hydrogen) atoms. The highest BCUT2D eigenvalue weighted by Gasteiger charge is 2.14. The molecular formula is C24H23N3O6. The van der Waals surface area contributed by atoms with Crippen LogP contribution in [0.4, 0.5) is 11.4 Å². The average molecular weight is 449 g/mol. The lowest BCUT2D eigenvalue weighted by molar-refractivity contribution is -0.120. The van der Waals surface area contributed by atoms with Crippen LogP contribution in [-0.2, 0) is 9.59 Å². The van der Waals surface area contributed by atoms with Crippen molar-refractivity contribution in [3.05, 3.63) is 77.9 Å². The standard InChI is InChI=1S/C24H23N3O6/c1-15(28)25-19(12-16-9-10-20(31-2)22(13-16)32-3)23(29)26-17-6-4-7-18(14-17)27-24(30)21-8-5-11-33-21/h4-14H,1-3H3,(H,25,28)(H,26,29)(H,27,30)/b19-12-. The Kier molecular flexibility index (Phi) is 7.48. The van der Waals surface area contributed by atoms with Crippen molar-refractivity contribution in [2.75, 3.05) is 24.9 Å². The van der Waals surface area contributed by atoms with Crippen LogP contribution in [0.15, 0.2) is 71.0 Å². The zero-order valence-electron chi connectivity index (χ0n) is 18.3. The minimum atomic E-state index is -0.547. The minimum Gasteiger partial charge on any atom is -0.493 e. The van der Waals surface area contributed by atoms with Crippen LogP contribution in [0.2, 0.25) is 0 Å². The lowest BCUT2D eigenvalue weighted by atomic mass is 10.1. The van der Waals surface area contributed by atoms with Gasteiger partial charge in [-0.05, 0) is 54.1 Å². The molecule has 170 valence electrons. The van der Waals surface area contributed by atoms with Crippen molar-refractivity contribution >= 4 is 35.2 Å². The Morgan fingerprint density at radius 2 is 1.61 bits per heavy atom. The fraction of sp³-hybridized carbons (Fsp3) is 0.125. The number of ether oxygens (including phenoxy) is 2. The van der Waals surface area contributed by atoms with Gasteiger partial charge in [-0.15, -0.1) is 0 Å². The van der Waals surface area contributed by atoms with Crippen molar-refractivity contribution in [3.63, 3.8) is 0 Å². The smallest absolute Gasteiger partial charge is 0.291 e. The van der Waals surface area contributed by atoms with E-state index in [0.717, 1.165) is 0 Å². The number of nitrogens with one attached hydrogen (secondary N) is 3. The summed E-state index contributed by atoms with van der Waals surface area (Å²) in [6.45, 7) is 1.31. The largest absolute Gasteiger partial charge is 0.493 e. The third-order valence-corrected chi connectivity index (χ3v) is 4.40. The van der Waals surface area contributed by atoms with Gasteiger partial charge in [0.15, 0.2) is 17.3 Å². The van der Waals surface area contributed by atoms with Gasteiger partial charge in [-0.25, -0.2) is 0 Å². The van der Waals surface area contributed by atoms with Gasteiger partial charge in [0, 0.05) is 18.3 Å². The van der Waals surface area contributed by atoms with Crippen molar-refractivity contribution in [2.24, 2.45) is 0 Å². The lowest BCUT2D eigenvalue weighted by Crippen LogP contribution is -2.29. The van der Waals surface area contributed by atoms with Crippen LogP contribution in [0.1, 0.15) is 23.0 Å². The number of benzene rings is 2. The van der Waals surface area contributed by atoms with Gasteiger partial charge in [-0.1, -0.05) is 12.1 Å². The Bertz CT molecular complexity index is 1180. The van der Waals surface area contributed by atoms with Crippen LogP contribution in [0.5, 0.6) is 11.5 Å². The first-order chi connectivity index (χ1) is 15.9. The van der Waals surface area contributed by atoms with E-state index in [0.29, 0.717) is 28.4 Å². The van der Waals surface area contributed by atoms with E-state index < -0.39 is 17.7 Å². The second kappa shape index (κ2) is 10.7. The molecule has 0 fully saturated rings. The highest BCUT2D eigenvalue weighted by atomic mass is 16.5. The molecule has 2 aromatic carbocycles.